The molecule has 0 saturated carbocycles. The van der Waals surface area contributed by atoms with Crippen molar-refractivity contribution < 1.29 is 23.1 Å². The first-order chi connectivity index (χ1) is 13.9. The zero-order valence-corrected chi connectivity index (χ0v) is 14.8. The molecule has 29 heavy (non-hydrogen) atoms. The average Bonchev–Trinajstić information content (AvgIpc) is 3.25. The first-order valence-corrected chi connectivity index (χ1v) is 8.49. The molecule has 1 amide bonds. The maximum absolute atomic E-state index is 13.3. The zero-order chi connectivity index (χ0) is 20.5. The van der Waals surface area contributed by atoms with Crippen molar-refractivity contribution in [2.45, 2.75) is 13.0 Å². The minimum absolute atomic E-state index is 0.206. The van der Waals surface area contributed by atoms with E-state index in [0.29, 0.717) is 28.2 Å². The third-order valence-corrected chi connectivity index (χ3v) is 4.30. The molecule has 0 bridgehead atoms. The lowest BCUT2D eigenvalue weighted by molar-refractivity contribution is 0.127. The molecule has 7 nitrogen and oxygen atoms in total. The standard InChI is InChI=1S/C19H14F3N5O2/c20-13-4-1-11(2-5-13)17-18(26(10-24-17)9-14(21)22)12-3-6-15-23-7-16(25-19(28)29)27(15)8-12/h1-8,10,14,25H,9H2,(H,28,29). The quantitative estimate of drug-likeness (QED) is 0.521. The summed E-state index contributed by atoms with van der Waals surface area (Å²) >= 11 is 0. The Hall–Kier alpha value is -3.82. The Morgan fingerprint density at radius 3 is 2.52 bits per heavy atom. The van der Waals surface area contributed by atoms with Crippen molar-refractivity contribution in [1.82, 2.24) is 18.9 Å². The van der Waals surface area contributed by atoms with Crippen LogP contribution in [0.25, 0.3) is 28.2 Å². The summed E-state index contributed by atoms with van der Waals surface area (Å²) in [6.07, 6.45) is 0.371. The molecule has 0 aliphatic carbocycles. The lowest BCUT2D eigenvalue weighted by Crippen LogP contribution is -2.10. The van der Waals surface area contributed by atoms with Crippen molar-refractivity contribution in [3.8, 4) is 22.5 Å². The number of imidazole rings is 2. The van der Waals surface area contributed by atoms with Gasteiger partial charge in [0.2, 0.25) is 0 Å². The zero-order valence-electron chi connectivity index (χ0n) is 14.8. The molecule has 0 unspecified atom stereocenters. The molecule has 1 aromatic carbocycles. The highest BCUT2D eigenvalue weighted by Gasteiger charge is 2.19. The fraction of sp³-hybridized carbons (Fsp3) is 0.105. The van der Waals surface area contributed by atoms with E-state index >= 15 is 0 Å². The van der Waals surface area contributed by atoms with E-state index < -0.39 is 24.9 Å². The highest BCUT2D eigenvalue weighted by atomic mass is 19.3. The lowest BCUT2D eigenvalue weighted by atomic mass is 10.1. The van der Waals surface area contributed by atoms with Gasteiger partial charge in [-0.25, -0.2) is 27.9 Å². The number of alkyl halides is 2. The van der Waals surface area contributed by atoms with Gasteiger partial charge in [0.25, 0.3) is 6.43 Å². The number of rotatable bonds is 5. The highest BCUT2D eigenvalue weighted by molar-refractivity contribution is 5.83. The average molecular weight is 401 g/mol. The number of pyridine rings is 1. The molecule has 2 N–H and O–H groups in total. The molecule has 3 aromatic heterocycles. The molecule has 148 valence electrons. The van der Waals surface area contributed by atoms with Gasteiger partial charge in [0.15, 0.2) is 0 Å². The number of fused-ring (bicyclic) bond motifs is 1. The van der Waals surface area contributed by atoms with Gasteiger partial charge in [-0.1, -0.05) is 0 Å². The van der Waals surface area contributed by atoms with Gasteiger partial charge in [0, 0.05) is 17.3 Å². The second-order valence-corrected chi connectivity index (χ2v) is 6.21. The molecule has 4 rings (SSSR count). The van der Waals surface area contributed by atoms with Crippen molar-refractivity contribution in [3.63, 3.8) is 0 Å². The van der Waals surface area contributed by atoms with Gasteiger partial charge in [-0.2, -0.15) is 0 Å². The number of carboxylic acid groups (broad SMARTS) is 1. The van der Waals surface area contributed by atoms with Gasteiger partial charge in [0.1, 0.15) is 17.3 Å². The number of nitrogens with one attached hydrogen (secondary N) is 1. The topological polar surface area (TPSA) is 84.4 Å². The summed E-state index contributed by atoms with van der Waals surface area (Å²) in [6.45, 7) is -0.578. The number of carbonyl (C=O) groups is 1. The Bertz CT molecular complexity index is 1180. The Balaban J connectivity index is 1.89. The summed E-state index contributed by atoms with van der Waals surface area (Å²) in [5.74, 6) is -0.218. The van der Waals surface area contributed by atoms with Crippen LogP contribution in [0.5, 0.6) is 0 Å². The summed E-state index contributed by atoms with van der Waals surface area (Å²) in [4.78, 5) is 19.4. The van der Waals surface area contributed by atoms with Crippen LogP contribution in [0.2, 0.25) is 0 Å². The normalized spacial score (nSPS) is 11.3. The van der Waals surface area contributed by atoms with Crippen LogP contribution < -0.4 is 5.32 Å². The molecule has 10 heteroatoms. The van der Waals surface area contributed by atoms with Crippen molar-refractivity contribution in [3.05, 3.63) is 60.9 Å². The number of hydrogen-bond donors (Lipinski definition) is 2. The molecule has 4 aromatic rings. The summed E-state index contributed by atoms with van der Waals surface area (Å²) < 4.78 is 42.3. The van der Waals surface area contributed by atoms with Crippen LogP contribution in [-0.2, 0) is 6.54 Å². The van der Waals surface area contributed by atoms with E-state index in [4.69, 9.17) is 5.11 Å². The van der Waals surface area contributed by atoms with E-state index in [1.807, 2.05) is 0 Å². The molecule has 0 radical (unpaired) electrons. The Morgan fingerprint density at radius 2 is 1.83 bits per heavy atom. The molecule has 3 heterocycles. The van der Waals surface area contributed by atoms with E-state index in [9.17, 15) is 18.0 Å². The maximum atomic E-state index is 13.3. The van der Waals surface area contributed by atoms with Gasteiger partial charge >= 0.3 is 6.09 Å². The number of nitrogens with zero attached hydrogens (tertiary/aromatic N) is 4. The fourth-order valence-electron chi connectivity index (χ4n) is 3.11. The van der Waals surface area contributed by atoms with Crippen molar-refractivity contribution in [1.29, 1.82) is 0 Å². The molecule has 0 atom stereocenters. The van der Waals surface area contributed by atoms with Crippen LogP contribution in [0.4, 0.5) is 23.8 Å². The van der Waals surface area contributed by atoms with Gasteiger partial charge in [-0.05, 0) is 36.4 Å². The largest absolute Gasteiger partial charge is 0.465 e. The smallest absolute Gasteiger partial charge is 0.410 e. The molecular weight excluding hydrogens is 387 g/mol. The number of aromatic nitrogens is 4. The lowest BCUT2D eigenvalue weighted by Gasteiger charge is -2.11. The summed E-state index contributed by atoms with van der Waals surface area (Å²) in [5, 5.41) is 11.2. The van der Waals surface area contributed by atoms with Crippen molar-refractivity contribution in [2.24, 2.45) is 0 Å². The van der Waals surface area contributed by atoms with E-state index in [2.05, 4.69) is 15.3 Å². The van der Waals surface area contributed by atoms with Crippen LogP contribution in [0.1, 0.15) is 0 Å². The Kier molecular flexibility index (Phi) is 4.67. The van der Waals surface area contributed by atoms with Crippen LogP contribution in [-0.4, -0.2) is 36.6 Å². The molecule has 0 fully saturated rings. The molecule has 0 saturated heterocycles. The van der Waals surface area contributed by atoms with Crippen molar-refractivity contribution >= 4 is 17.6 Å². The summed E-state index contributed by atoms with van der Waals surface area (Å²) in [6, 6.07) is 8.87. The fourth-order valence-corrected chi connectivity index (χ4v) is 3.11. The predicted molar refractivity (Wildman–Crippen MR) is 99.5 cm³/mol. The molecule has 0 aliphatic rings. The predicted octanol–water partition coefficient (Wildman–Crippen LogP) is 4.36. The SMILES string of the molecule is O=C(O)Nc1cnc2ccc(-c3c(-c4ccc(F)cc4)ncn3CC(F)F)cn12. The Labute approximate surface area is 162 Å². The van der Waals surface area contributed by atoms with Gasteiger partial charge in [-0.3, -0.25) is 9.72 Å². The first kappa shape index (κ1) is 18.5. The van der Waals surface area contributed by atoms with Crippen LogP contribution in [0, 0.1) is 5.82 Å². The monoisotopic (exact) mass is 401 g/mol. The Morgan fingerprint density at radius 1 is 1.10 bits per heavy atom. The molecular formula is C19H14F3N5O2. The summed E-state index contributed by atoms with van der Waals surface area (Å²) in [5.41, 5.74) is 2.35. The second kappa shape index (κ2) is 7.30. The van der Waals surface area contributed by atoms with Crippen LogP contribution in [0.15, 0.2) is 55.1 Å². The van der Waals surface area contributed by atoms with Crippen LogP contribution in [0.3, 0.4) is 0 Å². The third-order valence-electron chi connectivity index (χ3n) is 4.30. The molecule has 0 aliphatic heterocycles. The first-order valence-electron chi connectivity index (χ1n) is 8.49. The minimum atomic E-state index is -2.61. The highest BCUT2D eigenvalue weighted by Crippen LogP contribution is 2.32. The number of benzene rings is 1. The van der Waals surface area contributed by atoms with Gasteiger partial charge < -0.3 is 9.67 Å². The van der Waals surface area contributed by atoms with E-state index in [-0.39, 0.29) is 5.82 Å². The minimum Gasteiger partial charge on any atom is -0.465 e. The van der Waals surface area contributed by atoms with Crippen molar-refractivity contribution in [2.75, 3.05) is 5.32 Å². The third kappa shape index (κ3) is 3.64. The number of hydrogen-bond acceptors (Lipinski definition) is 3. The van der Waals surface area contributed by atoms with E-state index in [1.54, 1.807) is 18.3 Å². The van der Waals surface area contributed by atoms with E-state index in [1.165, 1.54) is 45.8 Å². The van der Waals surface area contributed by atoms with Gasteiger partial charge in [-0.15, -0.1) is 0 Å². The van der Waals surface area contributed by atoms with Crippen LogP contribution >= 0.6 is 0 Å². The second-order valence-electron chi connectivity index (χ2n) is 6.21. The number of halogens is 3. The van der Waals surface area contributed by atoms with E-state index in [0.717, 1.165) is 0 Å². The number of anilines is 1. The maximum Gasteiger partial charge on any atom is 0.410 e. The summed E-state index contributed by atoms with van der Waals surface area (Å²) in [7, 11) is 0. The number of amides is 1. The van der Waals surface area contributed by atoms with Gasteiger partial charge in [0.05, 0.1) is 30.5 Å². The molecule has 0 spiro atoms.